The molecule has 2 fully saturated rings. The molecule has 1 amide bonds. The van der Waals surface area contributed by atoms with Gasteiger partial charge in [-0.15, -0.1) is 0 Å². The summed E-state index contributed by atoms with van der Waals surface area (Å²) >= 11 is 0. The molecule has 5 heteroatoms. The fraction of sp³-hybridized carbons (Fsp3) is 0.429. The first kappa shape index (κ1) is 12.3. The number of fused-ring (bicyclic) bond motifs is 1. The monoisotopic (exact) mass is 262 g/mol. The van der Waals surface area contributed by atoms with Crippen LogP contribution in [0.2, 0.25) is 0 Å². The van der Waals surface area contributed by atoms with E-state index in [0.717, 1.165) is 18.5 Å². The van der Waals surface area contributed by atoms with Gasteiger partial charge in [0.1, 0.15) is 17.5 Å². The van der Waals surface area contributed by atoms with Gasteiger partial charge in [-0.2, -0.15) is 0 Å². The molecule has 0 bridgehead atoms. The smallest absolute Gasteiger partial charge is 0.249 e. The van der Waals surface area contributed by atoms with E-state index in [2.05, 4.69) is 0 Å². The van der Waals surface area contributed by atoms with E-state index in [9.17, 15) is 14.0 Å². The Morgan fingerprint density at radius 1 is 1.42 bits per heavy atom. The van der Waals surface area contributed by atoms with Crippen molar-refractivity contribution in [3.05, 3.63) is 35.6 Å². The summed E-state index contributed by atoms with van der Waals surface area (Å²) in [5.74, 6) is -1.11. The summed E-state index contributed by atoms with van der Waals surface area (Å²) in [5, 5.41) is 3.55. The minimum Gasteiger partial charge on any atom is -0.299 e. The Hall–Kier alpha value is -1.75. The molecular weight excluding hydrogens is 247 g/mol. The third kappa shape index (κ3) is 1.94. The number of benzene rings is 1. The highest BCUT2D eigenvalue weighted by atomic mass is 19.1. The number of nitrogens with zero attached hydrogens (tertiary/aromatic N) is 2. The highest BCUT2D eigenvalue weighted by Crippen LogP contribution is 2.37. The minimum atomic E-state index is -0.559. The second-order valence-electron chi connectivity index (χ2n) is 5.12. The van der Waals surface area contributed by atoms with Gasteiger partial charge in [0.05, 0.1) is 6.04 Å². The third-order valence-electron chi connectivity index (χ3n) is 3.90. The molecule has 100 valence electrons. The van der Waals surface area contributed by atoms with Crippen molar-refractivity contribution in [1.82, 2.24) is 10.0 Å². The highest BCUT2D eigenvalue weighted by molar-refractivity contribution is 6.01. The van der Waals surface area contributed by atoms with Gasteiger partial charge < -0.3 is 0 Å². The summed E-state index contributed by atoms with van der Waals surface area (Å²) in [5.41, 5.74) is 0.792. The lowest BCUT2D eigenvalue weighted by atomic mass is 10.0. The molecule has 0 N–H and O–H groups in total. The van der Waals surface area contributed by atoms with E-state index < -0.39 is 5.92 Å². The van der Waals surface area contributed by atoms with E-state index in [1.807, 2.05) is 11.1 Å². The van der Waals surface area contributed by atoms with Gasteiger partial charge in [-0.25, -0.2) is 9.40 Å². The van der Waals surface area contributed by atoms with Crippen LogP contribution in [-0.4, -0.2) is 34.8 Å². The van der Waals surface area contributed by atoms with Crippen LogP contribution in [0.1, 0.15) is 24.9 Å². The van der Waals surface area contributed by atoms with Crippen molar-refractivity contribution in [1.29, 1.82) is 0 Å². The molecule has 1 aromatic rings. The van der Waals surface area contributed by atoms with Gasteiger partial charge in [0.2, 0.25) is 5.91 Å². The van der Waals surface area contributed by atoms with Crippen molar-refractivity contribution in [2.24, 2.45) is 5.92 Å². The lowest BCUT2D eigenvalue weighted by molar-refractivity contribution is -0.141. The van der Waals surface area contributed by atoms with Gasteiger partial charge in [0.25, 0.3) is 0 Å². The first-order valence-electron chi connectivity index (χ1n) is 6.42. The molecule has 3 rings (SSSR count). The summed E-state index contributed by atoms with van der Waals surface area (Å²) in [6, 6.07) is 6.18. The Kier molecular flexibility index (Phi) is 2.86. The van der Waals surface area contributed by atoms with Crippen LogP contribution in [0.15, 0.2) is 24.3 Å². The lowest BCUT2D eigenvalue weighted by Crippen LogP contribution is -2.34. The number of ketones is 1. The van der Waals surface area contributed by atoms with Crippen molar-refractivity contribution in [2.45, 2.75) is 19.4 Å². The van der Waals surface area contributed by atoms with Crippen LogP contribution >= 0.6 is 0 Å². The topological polar surface area (TPSA) is 40.6 Å². The van der Waals surface area contributed by atoms with Gasteiger partial charge in [-0.05, 0) is 31.0 Å². The summed E-state index contributed by atoms with van der Waals surface area (Å²) < 4.78 is 13.3. The van der Waals surface area contributed by atoms with Crippen molar-refractivity contribution >= 4 is 11.7 Å². The maximum atomic E-state index is 13.3. The number of Topliss-reactive ketones (excluding diaryl/α,β-unsaturated/α-hetero) is 1. The molecule has 1 aromatic carbocycles. The molecule has 0 spiro atoms. The molecule has 2 aliphatic rings. The molecule has 19 heavy (non-hydrogen) atoms. The van der Waals surface area contributed by atoms with Gasteiger partial charge in [0.15, 0.2) is 0 Å². The van der Waals surface area contributed by atoms with Crippen molar-refractivity contribution in [3.63, 3.8) is 0 Å². The summed E-state index contributed by atoms with van der Waals surface area (Å²) in [6.07, 6.45) is 0.778. The number of hydrazine groups is 1. The second kappa shape index (κ2) is 4.42. The quantitative estimate of drug-likeness (QED) is 0.759. The van der Waals surface area contributed by atoms with E-state index in [-0.39, 0.29) is 23.5 Å². The SMILES string of the molecule is CC(=O)C1CN2CCC(c3cccc(F)c3)N2C1=O. The van der Waals surface area contributed by atoms with E-state index in [1.54, 1.807) is 11.1 Å². The Balaban J connectivity index is 1.90. The number of carbonyl (C=O) groups excluding carboxylic acids is 2. The molecule has 2 saturated heterocycles. The van der Waals surface area contributed by atoms with Gasteiger partial charge in [0, 0.05) is 13.1 Å². The molecule has 0 aromatic heterocycles. The van der Waals surface area contributed by atoms with E-state index in [0.29, 0.717) is 6.54 Å². The maximum Gasteiger partial charge on any atom is 0.249 e. The van der Waals surface area contributed by atoms with E-state index in [1.165, 1.54) is 19.1 Å². The molecular formula is C14H15FN2O2. The highest BCUT2D eigenvalue weighted by Gasteiger charge is 2.47. The fourth-order valence-corrected chi connectivity index (χ4v) is 2.94. The summed E-state index contributed by atoms with van der Waals surface area (Å²) in [4.78, 5) is 23.7. The lowest BCUT2D eigenvalue weighted by Gasteiger charge is -2.25. The Labute approximate surface area is 110 Å². The number of hydrogen-bond acceptors (Lipinski definition) is 3. The van der Waals surface area contributed by atoms with Gasteiger partial charge in [-0.1, -0.05) is 12.1 Å². The standard InChI is InChI=1S/C14H15FN2O2/c1-9(18)12-8-16-6-5-13(17(16)14(12)19)10-3-2-4-11(15)7-10/h2-4,7,12-13H,5-6,8H2,1H3. The van der Waals surface area contributed by atoms with Crippen molar-refractivity contribution < 1.29 is 14.0 Å². The summed E-state index contributed by atoms with van der Waals surface area (Å²) in [6.45, 7) is 2.64. The van der Waals surface area contributed by atoms with Crippen molar-refractivity contribution in [3.8, 4) is 0 Å². The average molecular weight is 262 g/mol. The number of halogens is 1. The third-order valence-corrected chi connectivity index (χ3v) is 3.90. The molecule has 2 unspecified atom stereocenters. The number of hydrogen-bond donors (Lipinski definition) is 0. The van der Waals surface area contributed by atoms with Crippen LogP contribution in [0.3, 0.4) is 0 Å². The zero-order valence-electron chi connectivity index (χ0n) is 10.7. The first-order valence-corrected chi connectivity index (χ1v) is 6.42. The van der Waals surface area contributed by atoms with Crippen LogP contribution in [0, 0.1) is 11.7 Å². The normalized spacial score (nSPS) is 26.8. The average Bonchev–Trinajstić information content (AvgIpc) is 2.90. The Morgan fingerprint density at radius 2 is 2.21 bits per heavy atom. The zero-order chi connectivity index (χ0) is 13.6. The Bertz CT molecular complexity index is 546. The van der Waals surface area contributed by atoms with Crippen LogP contribution in [0.25, 0.3) is 0 Å². The molecule has 2 aliphatic heterocycles. The summed E-state index contributed by atoms with van der Waals surface area (Å²) in [7, 11) is 0. The maximum absolute atomic E-state index is 13.3. The van der Waals surface area contributed by atoms with Crippen LogP contribution < -0.4 is 0 Å². The first-order chi connectivity index (χ1) is 9.08. The molecule has 2 atom stereocenters. The van der Waals surface area contributed by atoms with Crippen LogP contribution in [0.4, 0.5) is 4.39 Å². The Morgan fingerprint density at radius 3 is 2.89 bits per heavy atom. The van der Waals surface area contributed by atoms with Crippen LogP contribution in [-0.2, 0) is 9.59 Å². The molecule has 4 nitrogen and oxygen atoms in total. The zero-order valence-corrected chi connectivity index (χ0v) is 10.7. The van der Waals surface area contributed by atoms with Crippen LogP contribution in [0.5, 0.6) is 0 Å². The molecule has 0 radical (unpaired) electrons. The molecule has 2 heterocycles. The molecule has 0 aliphatic carbocycles. The number of rotatable bonds is 2. The number of carbonyl (C=O) groups is 2. The largest absolute Gasteiger partial charge is 0.299 e. The van der Waals surface area contributed by atoms with Gasteiger partial charge in [-0.3, -0.25) is 14.6 Å². The van der Waals surface area contributed by atoms with Crippen molar-refractivity contribution in [2.75, 3.05) is 13.1 Å². The number of amides is 1. The predicted molar refractivity (Wildman–Crippen MR) is 66.3 cm³/mol. The minimum absolute atomic E-state index is 0.0996. The van der Waals surface area contributed by atoms with E-state index >= 15 is 0 Å². The molecule has 0 saturated carbocycles. The van der Waals surface area contributed by atoms with E-state index in [4.69, 9.17) is 0 Å². The fourth-order valence-electron chi connectivity index (χ4n) is 2.94. The van der Waals surface area contributed by atoms with Gasteiger partial charge >= 0.3 is 0 Å². The predicted octanol–water partition coefficient (Wildman–Crippen LogP) is 1.53. The second-order valence-corrected chi connectivity index (χ2v) is 5.12.